The summed E-state index contributed by atoms with van der Waals surface area (Å²) in [6, 6.07) is -5.60. The lowest BCUT2D eigenvalue weighted by molar-refractivity contribution is -0.157. The Balaban J connectivity index is 3.01. The third-order valence-corrected chi connectivity index (χ3v) is 18.0. The highest BCUT2D eigenvalue weighted by Gasteiger charge is 2.46. The maximum absolute atomic E-state index is 15.4. The van der Waals surface area contributed by atoms with Gasteiger partial charge in [0.05, 0.1) is 6.10 Å². The summed E-state index contributed by atoms with van der Waals surface area (Å²) in [6.07, 6.45) is 0.829. The van der Waals surface area contributed by atoms with Crippen molar-refractivity contribution in [3.63, 3.8) is 0 Å². The molecule has 522 valence electrons. The fourth-order valence-corrected chi connectivity index (χ4v) is 12.1. The SMILES string of the molecule is CC[C@@H]1NC(=O)[C@H]([C@H](O)[C@H](C)CCCc2cccc(C)c2)N(C)C(=O)[C@H](C(C)C)N(C)C(=O)[C@H](CC(C)C)N(C)C(=O)[C@H](CC(C)C)N(C)C(=O)[C@@H](C)NC(=O)[C@H](C)NC(=O)[C@H](CC(C)C)N(C)C(=O)[C@H](C(C)C)NC(=O)[C@H](CC(C)C)N(C)C(=O)[C@@H](C)N(C)C1=O. The predicted molar refractivity (Wildman–Crippen MR) is 358 cm³/mol. The number of hydrogen-bond donors (Lipinski definition) is 5. The van der Waals surface area contributed by atoms with E-state index in [9.17, 15) is 38.7 Å². The molecule has 23 heteroatoms. The normalized spacial score (nSPS) is 26.5. The molecule has 0 aromatic heterocycles. The number of benzene rings is 1. The van der Waals surface area contributed by atoms with Crippen LogP contribution < -0.4 is 21.3 Å². The second kappa shape index (κ2) is 36.7. The molecule has 1 fully saturated rings. The molecule has 0 saturated carbocycles. The summed E-state index contributed by atoms with van der Waals surface area (Å²) < 4.78 is 0. The number of aliphatic hydroxyl groups is 1. The van der Waals surface area contributed by atoms with Crippen molar-refractivity contribution in [3.05, 3.63) is 35.4 Å². The minimum absolute atomic E-state index is 0.0136. The van der Waals surface area contributed by atoms with Gasteiger partial charge in [0.1, 0.15) is 66.5 Å². The number of rotatable bonds is 17. The van der Waals surface area contributed by atoms with E-state index in [-0.39, 0.29) is 55.8 Å². The third-order valence-electron chi connectivity index (χ3n) is 18.0. The molecule has 0 aliphatic carbocycles. The summed E-state index contributed by atoms with van der Waals surface area (Å²) in [5.74, 6) is -9.72. The molecule has 0 unspecified atom stereocenters. The second-order valence-corrected chi connectivity index (χ2v) is 28.5. The number of carbonyl (C=O) groups is 11. The molecule has 11 amide bonds. The van der Waals surface area contributed by atoms with E-state index in [0.717, 1.165) is 16.0 Å². The van der Waals surface area contributed by atoms with Gasteiger partial charge in [-0.25, -0.2) is 0 Å². The summed E-state index contributed by atoms with van der Waals surface area (Å²) in [4.78, 5) is 171. The highest BCUT2D eigenvalue weighted by Crippen LogP contribution is 2.27. The number of likely N-dealkylation sites (N-methyl/N-ethyl adjacent to an activating group) is 7. The van der Waals surface area contributed by atoms with Crippen LogP contribution in [0.2, 0.25) is 0 Å². The fraction of sp³-hybridized carbons (Fsp3) is 0.754. The zero-order chi connectivity index (χ0) is 70.8. The molecule has 0 bridgehead atoms. The fourth-order valence-electron chi connectivity index (χ4n) is 12.1. The molecule has 1 aromatic carbocycles. The molecule has 23 nitrogen and oxygen atoms in total. The molecule has 0 radical (unpaired) electrons. The largest absolute Gasteiger partial charge is 0.390 e. The lowest BCUT2D eigenvalue weighted by Crippen LogP contribution is -2.64. The topological polar surface area (TPSA) is 279 Å². The van der Waals surface area contributed by atoms with Crippen molar-refractivity contribution in [2.75, 3.05) is 49.3 Å². The first-order valence-electron chi connectivity index (χ1n) is 33.4. The molecule has 2 rings (SSSR count). The average Bonchev–Trinajstić information content (AvgIpc) is 0.869. The molecule has 0 spiro atoms. The molecule has 1 aliphatic rings. The van der Waals surface area contributed by atoms with Gasteiger partial charge in [-0.2, -0.15) is 0 Å². The molecule has 13 atom stereocenters. The highest BCUT2D eigenvalue weighted by molar-refractivity contribution is 6.00. The highest BCUT2D eigenvalue weighted by atomic mass is 16.3. The Bertz CT molecular complexity index is 2680. The second-order valence-electron chi connectivity index (χ2n) is 28.5. The van der Waals surface area contributed by atoms with E-state index >= 15 is 19.2 Å². The van der Waals surface area contributed by atoms with Gasteiger partial charge in [-0.05, 0) is 126 Å². The number of nitrogens with zero attached hydrogens (tertiary/aromatic N) is 7. The van der Waals surface area contributed by atoms with E-state index in [1.807, 2.05) is 80.5 Å². The first-order valence-corrected chi connectivity index (χ1v) is 33.4. The van der Waals surface area contributed by atoms with Crippen LogP contribution >= 0.6 is 0 Å². The van der Waals surface area contributed by atoms with E-state index in [1.54, 1.807) is 41.5 Å². The Morgan fingerprint density at radius 1 is 0.446 bits per heavy atom. The first-order chi connectivity index (χ1) is 42.5. The molecule has 1 aromatic rings. The van der Waals surface area contributed by atoms with Crippen LogP contribution in [0.15, 0.2) is 24.3 Å². The van der Waals surface area contributed by atoms with Gasteiger partial charge in [0.15, 0.2) is 0 Å². The molecule has 1 saturated heterocycles. The van der Waals surface area contributed by atoms with E-state index < -0.39 is 155 Å². The van der Waals surface area contributed by atoms with Crippen LogP contribution in [-0.4, -0.2) is 226 Å². The van der Waals surface area contributed by atoms with Gasteiger partial charge in [-0.3, -0.25) is 52.7 Å². The van der Waals surface area contributed by atoms with Gasteiger partial charge in [0, 0.05) is 49.3 Å². The van der Waals surface area contributed by atoms with Gasteiger partial charge >= 0.3 is 0 Å². The Labute approximate surface area is 551 Å². The first kappa shape index (κ1) is 81.4. The molecule has 5 N–H and O–H groups in total. The molecular formula is C69H119N11O12. The minimum atomic E-state index is -1.62. The van der Waals surface area contributed by atoms with Gasteiger partial charge < -0.3 is 60.7 Å². The van der Waals surface area contributed by atoms with Crippen LogP contribution in [0.3, 0.4) is 0 Å². The van der Waals surface area contributed by atoms with E-state index in [4.69, 9.17) is 0 Å². The Hall–Kier alpha value is -6.65. The van der Waals surface area contributed by atoms with Crippen molar-refractivity contribution in [3.8, 4) is 0 Å². The van der Waals surface area contributed by atoms with Crippen LogP contribution in [-0.2, 0) is 59.2 Å². The summed E-state index contributed by atoms with van der Waals surface area (Å²) in [7, 11) is 10.0. The number of nitrogens with one attached hydrogen (secondary N) is 4. The molecule has 1 heterocycles. The summed E-state index contributed by atoms with van der Waals surface area (Å²) in [5, 5.41) is 23.6. The Morgan fingerprint density at radius 3 is 1.35 bits per heavy atom. The monoisotopic (exact) mass is 1290 g/mol. The predicted octanol–water partition coefficient (Wildman–Crippen LogP) is 5.02. The van der Waals surface area contributed by atoms with Crippen molar-refractivity contribution in [1.82, 2.24) is 55.6 Å². The lowest BCUT2D eigenvalue weighted by Gasteiger charge is -2.41. The lowest BCUT2D eigenvalue weighted by atomic mass is 9.89. The summed E-state index contributed by atoms with van der Waals surface area (Å²) in [5.41, 5.74) is 2.18. The zero-order valence-corrected chi connectivity index (χ0v) is 60.5. The quantitative estimate of drug-likeness (QED) is 0.138. The van der Waals surface area contributed by atoms with Gasteiger partial charge in [-0.15, -0.1) is 0 Å². The van der Waals surface area contributed by atoms with Crippen molar-refractivity contribution < 1.29 is 57.8 Å². The number of carbonyl (C=O) groups excluding carboxylic acids is 11. The summed E-state index contributed by atoms with van der Waals surface area (Å²) >= 11 is 0. The van der Waals surface area contributed by atoms with Gasteiger partial charge in [0.25, 0.3) is 0 Å². The number of aliphatic hydroxyl groups excluding tert-OH is 1. The van der Waals surface area contributed by atoms with Crippen LogP contribution in [0.4, 0.5) is 0 Å². The standard InChI is InChI=1S/C69H119N11O12/c1-26-50-65(88)74(19)48(18)64(87)75(20)52(34-39(4)5)61(84)73-55(42(10)11)68(91)76(21)51(33-38(2)3)60(83)70-46(16)59(82)71-47(17)63(86)77(22)53(35-40(6)7)66(89)78(23)54(36-41(8)9)67(90)79(24)56(43(12)13)69(92)80(25)57(62(85)72-50)58(81)45(15)30-28-32-49-31-27-29-44(14)37-49/h27,29,31,37-43,45-48,50-58,81H,26,28,30,32-36H2,1-25H3,(H,70,83)(H,71,82)(H,72,85)(H,73,84)/t45-,46+,47-,48-,50+,51+,52+,53+,54+,55+,56+,57+,58-/m1/s1. The Kier molecular flexibility index (Phi) is 32.5. The molecule has 92 heavy (non-hydrogen) atoms. The van der Waals surface area contributed by atoms with Gasteiger partial charge in [-0.1, -0.05) is 127 Å². The van der Waals surface area contributed by atoms with Crippen LogP contribution in [0.1, 0.15) is 174 Å². The van der Waals surface area contributed by atoms with Crippen LogP contribution in [0.5, 0.6) is 0 Å². The number of hydrogen-bond acceptors (Lipinski definition) is 12. The molecular weight excluding hydrogens is 1170 g/mol. The van der Waals surface area contributed by atoms with Gasteiger partial charge in [0.2, 0.25) is 65.0 Å². The van der Waals surface area contributed by atoms with E-state index in [1.165, 1.54) is 99.5 Å². The smallest absolute Gasteiger partial charge is 0.246 e. The molecule has 1 aliphatic heterocycles. The average molecular weight is 1290 g/mol. The van der Waals surface area contributed by atoms with Crippen molar-refractivity contribution >= 4 is 65.0 Å². The summed E-state index contributed by atoms with van der Waals surface area (Å²) in [6.45, 7) is 31.7. The number of aryl methyl sites for hydroxylation is 2. The third kappa shape index (κ3) is 22.3. The van der Waals surface area contributed by atoms with E-state index in [0.29, 0.717) is 19.3 Å². The maximum atomic E-state index is 15.4. The zero-order valence-electron chi connectivity index (χ0n) is 60.5. The van der Waals surface area contributed by atoms with Crippen LogP contribution in [0, 0.1) is 48.3 Å². The number of amides is 11. The maximum Gasteiger partial charge on any atom is 0.246 e. The van der Waals surface area contributed by atoms with Crippen LogP contribution in [0.25, 0.3) is 0 Å². The minimum Gasteiger partial charge on any atom is -0.390 e. The van der Waals surface area contributed by atoms with E-state index in [2.05, 4.69) is 27.3 Å². The van der Waals surface area contributed by atoms with Crippen molar-refractivity contribution in [2.24, 2.45) is 41.4 Å². The Morgan fingerprint density at radius 2 is 0.880 bits per heavy atom. The van der Waals surface area contributed by atoms with Crippen molar-refractivity contribution in [1.29, 1.82) is 0 Å². The van der Waals surface area contributed by atoms with Crippen molar-refractivity contribution in [2.45, 2.75) is 249 Å².